The highest BCUT2D eigenvalue weighted by Crippen LogP contribution is 2.19. The molecule has 8 heteroatoms. The lowest BCUT2D eigenvalue weighted by Gasteiger charge is -2.32. The summed E-state index contributed by atoms with van der Waals surface area (Å²) in [7, 11) is 0. The van der Waals surface area contributed by atoms with Crippen molar-refractivity contribution in [2.24, 2.45) is 5.92 Å². The molecule has 8 nitrogen and oxygen atoms in total. The highest BCUT2D eigenvalue weighted by atomic mass is 16.5. The zero-order valence-electron chi connectivity index (χ0n) is 17.0. The molecule has 154 valence electrons. The largest absolute Gasteiger partial charge is 0.466 e. The average molecular weight is 390 g/mol. The van der Waals surface area contributed by atoms with Crippen LogP contribution in [0.1, 0.15) is 56.9 Å². The molecule has 2 heterocycles. The Hall–Kier alpha value is -2.51. The number of nitrogens with zero attached hydrogens (tertiary/aromatic N) is 4. The van der Waals surface area contributed by atoms with Crippen LogP contribution in [0.5, 0.6) is 0 Å². The number of ether oxygens (including phenoxy) is 1. The highest BCUT2D eigenvalue weighted by molar-refractivity contribution is 5.92. The molecule has 0 bridgehead atoms. The van der Waals surface area contributed by atoms with Crippen LogP contribution in [-0.4, -0.2) is 69.8 Å². The third-order valence-corrected chi connectivity index (χ3v) is 5.20. The number of carbonyl (C=O) groups is 3. The van der Waals surface area contributed by atoms with Gasteiger partial charge in [-0.2, -0.15) is 0 Å². The lowest BCUT2D eigenvalue weighted by atomic mass is 9.97. The Labute approximate surface area is 166 Å². The van der Waals surface area contributed by atoms with E-state index < -0.39 is 0 Å². The van der Waals surface area contributed by atoms with Crippen molar-refractivity contribution in [3.8, 4) is 0 Å². The molecule has 1 aliphatic rings. The van der Waals surface area contributed by atoms with Gasteiger partial charge in [-0.3, -0.25) is 19.4 Å². The molecule has 0 aromatic carbocycles. The van der Waals surface area contributed by atoms with Gasteiger partial charge in [0.15, 0.2) is 0 Å². The zero-order valence-corrected chi connectivity index (χ0v) is 17.0. The average Bonchev–Trinajstić information content (AvgIpc) is 2.74. The number of amides is 2. The normalized spacial score (nSPS) is 15.8. The predicted molar refractivity (Wildman–Crippen MR) is 103 cm³/mol. The molecule has 1 aromatic heterocycles. The fourth-order valence-corrected chi connectivity index (χ4v) is 3.30. The fraction of sp³-hybridized carbons (Fsp3) is 0.650. The number of rotatable bonds is 8. The van der Waals surface area contributed by atoms with Crippen LogP contribution >= 0.6 is 0 Å². The predicted octanol–water partition coefficient (Wildman–Crippen LogP) is 1.91. The molecule has 0 spiro atoms. The molecule has 0 aliphatic carbocycles. The van der Waals surface area contributed by atoms with E-state index in [1.54, 1.807) is 16.7 Å². The number of hydrogen-bond acceptors (Lipinski definition) is 6. The van der Waals surface area contributed by atoms with Gasteiger partial charge in [-0.1, -0.05) is 6.92 Å². The molecule has 2 amide bonds. The maximum absolute atomic E-state index is 12.8. The second kappa shape index (κ2) is 10.7. The zero-order chi connectivity index (χ0) is 20.5. The lowest BCUT2D eigenvalue weighted by Crippen LogP contribution is -2.44. The van der Waals surface area contributed by atoms with Crippen LogP contribution in [-0.2, 0) is 14.3 Å². The first-order valence-electron chi connectivity index (χ1n) is 9.99. The maximum Gasteiger partial charge on any atom is 0.309 e. The van der Waals surface area contributed by atoms with Gasteiger partial charge in [0.05, 0.1) is 18.7 Å². The van der Waals surface area contributed by atoms with Crippen molar-refractivity contribution in [2.45, 2.75) is 52.5 Å². The van der Waals surface area contributed by atoms with E-state index in [-0.39, 0.29) is 41.9 Å². The third kappa shape index (κ3) is 5.74. The number of carbonyl (C=O) groups excluding carboxylic acids is 3. The Morgan fingerprint density at radius 1 is 1.25 bits per heavy atom. The van der Waals surface area contributed by atoms with E-state index in [0.717, 1.165) is 6.42 Å². The Kier molecular flexibility index (Phi) is 8.35. The molecule has 1 fully saturated rings. The molecular formula is C20H30N4O4. The summed E-state index contributed by atoms with van der Waals surface area (Å²) in [5.74, 6) is -0.509. The summed E-state index contributed by atoms with van der Waals surface area (Å²) in [6, 6.07) is -0.00291. The van der Waals surface area contributed by atoms with Crippen molar-refractivity contribution >= 4 is 17.8 Å². The molecule has 1 aromatic rings. The quantitative estimate of drug-likeness (QED) is 0.630. The second-order valence-corrected chi connectivity index (χ2v) is 7.00. The van der Waals surface area contributed by atoms with Crippen LogP contribution in [0.25, 0.3) is 0 Å². The van der Waals surface area contributed by atoms with Crippen molar-refractivity contribution in [3.63, 3.8) is 0 Å². The van der Waals surface area contributed by atoms with Crippen molar-refractivity contribution < 1.29 is 19.1 Å². The van der Waals surface area contributed by atoms with E-state index in [2.05, 4.69) is 9.97 Å². The smallest absolute Gasteiger partial charge is 0.309 e. The second-order valence-electron chi connectivity index (χ2n) is 7.00. The van der Waals surface area contributed by atoms with Crippen molar-refractivity contribution in [1.82, 2.24) is 19.8 Å². The molecule has 0 N–H and O–H groups in total. The van der Waals surface area contributed by atoms with Gasteiger partial charge in [-0.25, -0.2) is 4.98 Å². The number of aromatic nitrogens is 2. The van der Waals surface area contributed by atoms with Gasteiger partial charge in [0.25, 0.3) is 5.91 Å². The molecule has 28 heavy (non-hydrogen) atoms. The van der Waals surface area contributed by atoms with Gasteiger partial charge in [0.2, 0.25) is 5.91 Å². The van der Waals surface area contributed by atoms with Crippen LogP contribution < -0.4 is 0 Å². The minimum Gasteiger partial charge on any atom is -0.466 e. The van der Waals surface area contributed by atoms with Gasteiger partial charge >= 0.3 is 5.97 Å². The van der Waals surface area contributed by atoms with Crippen LogP contribution in [0.15, 0.2) is 18.6 Å². The van der Waals surface area contributed by atoms with E-state index in [1.165, 1.54) is 18.6 Å². The summed E-state index contributed by atoms with van der Waals surface area (Å²) in [6.45, 7) is 7.56. The van der Waals surface area contributed by atoms with Gasteiger partial charge in [0.1, 0.15) is 5.69 Å². The number of hydrogen-bond donors (Lipinski definition) is 0. The molecule has 1 atom stereocenters. The van der Waals surface area contributed by atoms with Crippen LogP contribution in [0.3, 0.4) is 0 Å². The van der Waals surface area contributed by atoms with Crippen molar-refractivity contribution in [3.05, 3.63) is 24.3 Å². The van der Waals surface area contributed by atoms with Gasteiger partial charge in [0, 0.05) is 44.5 Å². The molecule has 0 saturated carbocycles. The van der Waals surface area contributed by atoms with E-state index in [9.17, 15) is 14.4 Å². The fourth-order valence-electron chi connectivity index (χ4n) is 3.30. The first-order chi connectivity index (χ1) is 13.5. The van der Waals surface area contributed by atoms with E-state index >= 15 is 0 Å². The standard InChI is InChI=1S/C20H30N4O4/c1-4-15(3)24(19(26)17-14-21-9-10-22-17)13-8-18(25)23-11-6-16(7-12-23)20(27)28-5-2/h9-10,14-16H,4-8,11-13H2,1-3H3/t15-/m1/s1. The topological polar surface area (TPSA) is 92.7 Å². The summed E-state index contributed by atoms with van der Waals surface area (Å²) >= 11 is 0. The summed E-state index contributed by atoms with van der Waals surface area (Å²) in [4.78, 5) is 48.7. The SMILES string of the molecule is CCOC(=O)C1CCN(C(=O)CCN(C(=O)c2cnccn2)[C@H](C)CC)CC1. The van der Waals surface area contributed by atoms with Gasteiger partial charge in [-0.15, -0.1) is 0 Å². The molecule has 1 aliphatic heterocycles. The maximum atomic E-state index is 12.8. The molecule has 0 radical (unpaired) electrons. The van der Waals surface area contributed by atoms with Crippen molar-refractivity contribution in [1.29, 1.82) is 0 Å². The summed E-state index contributed by atoms with van der Waals surface area (Å²) in [5, 5.41) is 0. The Bertz CT molecular complexity index is 659. The Morgan fingerprint density at radius 2 is 1.96 bits per heavy atom. The monoisotopic (exact) mass is 390 g/mol. The van der Waals surface area contributed by atoms with E-state index in [4.69, 9.17) is 4.74 Å². The van der Waals surface area contributed by atoms with E-state index in [1.807, 2.05) is 13.8 Å². The Balaban J connectivity index is 1.90. The van der Waals surface area contributed by atoms with Crippen LogP contribution in [0.2, 0.25) is 0 Å². The van der Waals surface area contributed by atoms with Crippen LogP contribution in [0.4, 0.5) is 0 Å². The van der Waals surface area contributed by atoms with Crippen LogP contribution in [0, 0.1) is 5.92 Å². The molecule has 0 unspecified atom stereocenters. The summed E-state index contributed by atoms with van der Waals surface area (Å²) in [5.41, 5.74) is 0.283. The summed E-state index contributed by atoms with van der Waals surface area (Å²) < 4.78 is 5.07. The minimum atomic E-state index is -0.212. The highest BCUT2D eigenvalue weighted by Gasteiger charge is 2.29. The number of esters is 1. The van der Waals surface area contributed by atoms with Gasteiger partial charge < -0.3 is 14.5 Å². The molecule has 2 rings (SSSR count). The van der Waals surface area contributed by atoms with Crippen molar-refractivity contribution in [2.75, 3.05) is 26.2 Å². The Morgan fingerprint density at radius 3 is 2.54 bits per heavy atom. The first-order valence-corrected chi connectivity index (χ1v) is 9.99. The molecule has 1 saturated heterocycles. The third-order valence-electron chi connectivity index (χ3n) is 5.20. The first kappa shape index (κ1) is 21.8. The molecular weight excluding hydrogens is 360 g/mol. The lowest BCUT2D eigenvalue weighted by molar-refractivity contribution is -0.151. The minimum absolute atomic E-state index is 0.00237. The van der Waals surface area contributed by atoms with Gasteiger partial charge in [-0.05, 0) is 33.1 Å². The van der Waals surface area contributed by atoms with E-state index in [0.29, 0.717) is 39.1 Å². The number of piperidine rings is 1. The summed E-state index contributed by atoms with van der Waals surface area (Å²) in [6.07, 6.45) is 6.73. The number of likely N-dealkylation sites (tertiary alicyclic amines) is 1.